The van der Waals surface area contributed by atoms with Gasteiger partial charge in [-0.05, 0) is 34.4 Å². The normalized spacial score (nSPS) is 12.3. The average Bonchev–Trinajstić information content (AvgIpc) is 2.61. The van der Waals surface area contributed by atoms with Gasteiger partial charge in [-0.1, -0.05) is 0 Å². The Hall–Kier alpha value is -0.960. The molecule has 7 nitrogen and oxygen atoms in total. The van der Waals surface area contributed by atoms with E-state index in [0.29, 0.717) is 37.4 Å². The number of rotatable bonds is 8. The van der Waals surface area contributed by atoms with Gasteiger partial charge in [-0.2, -0.15) is 5.10 Å². The lowest BCUT2D eigenvalue weighted by Gasteiger charge is -2.11. The quantitative estimate of drug-likeness (QED) is 0.690. The molecule has 0 aromatic carbocycles. The molecule has 0 aliphatic heterocycles. The first-order valence-electron chi connectivity index (χ1n) is 6.59. The molecule has 8 heteroatoms. The van der Waals surface area contributed by atoms with E-state index in [-0.39, 0.29) is 11.5 Å². The molecule has 116 valence electrons. The highest BCUT2D eigenvalue weighted by Gasteiger charge is 2.23. The summed E-state index contributed by atoms with van der Waals surface area (Å²) in [4.78, 5) is 2.15. The van der Waals surface area contributed by atoms with Crippen LogP contribution in [-0.4, -0.2) is 62.0 Å². The number of aromatic nitrogens is 2. The lowest BCUT2D eigenvalue weighted by molar-refractivity contribution is 0.276. The fourth-order valence-electron chi connectivity index (χ4n) is 1.98. The predicted molar refractivity (Wildman–Crippen MR) is 77.1 cm³/mol. The molecule has 20 heavy (non-hydrogen) atoms. The fourth-order valence-corrected chi connectivity index (χ4v) is 3.41. The molecule has 1 aromatic rings. The molecule has 0 unspecified atom stereocenters. The number of likely N-dealkylation sites (N-methyl/N-ethyl adjacent to an activating group) is 1. The number of aryl methyl sites for hydroxylation is 2. The molecule has 0 atom stereocenters. The van der Waals surface area contributed by atoms with Crippen LogP contribution >= 0.6 is 0 Å². The summed E-state index contributed by atoms with van der Waals surface area (Å²) in [5.41, 5.74) is 1.09. The first-order valence-corrected chi connectivity index (χ1v) is 8.07. The van der Waals surface area contributed by atoms with E-state index in [2.05, 4.69) is 9.82 Å². The summed E-state index contributed by atoms with van der Waals surface area (Å²) in [5, 5.41) is 13.1. The van der Waals surface area contributed by atoms with Crippen LogP contribution in [-0.2, 0) is 16.6 Å². The molecule has 0 amide bonds. The Labute approximate surface area is 120 Å². The van der Waals surface area contributed by atoms with Gasteiger partial charge in [0, 0.05) is 26.2 Å². The predicted octanol–water partition coefficient (Wildman–Crippen LogP) is -0.278. The minimum absolute atomic E-state index is 0.0571. The second kappa shape index (κ2) is 7.16. The molecule has 0 saturated carbocycles. The van der Waals surface area contributed by atoms with Crippen LogP contribution < -0.4 is 4.72 Å². The van der Waals surface area contributed by atoms with Gasteiger partial charge in [0.15, 0.2) is 0 Å². The Morgan fingerprint density at radius 1 is 1.35 bits per heavy atom. The van der Waals surface area contributed by atoms with E-state index in [0.717, 1.165) is 0 Å². The van der Waals surface area contributed by atoms with Gasteiger partial charge >= 0.3 is 0 Å². The standard InChI is InChI=1S/C12H24N4O3S/c1-10-12(11(2)16(14-10)7-5-9-17)20(18,19)13-6-8-15(3)4/h13,17H,5-9H2,1-4H3. The third-order valence-corrected chi connectivity index (χ3v) is 4.68. The maximum absolute atomic E-state index is 12.3. The fraction of sp³-hybridized carbons (Fsp3) is 0.750. The maximum atomic E-state index is 12.3. The minimum atomic E-state index is -3.54. The van der Waals surface area contributed by atoms with Crippen LogP contribution in [0, 0.1) is 13.8 Å². The zero-order valence-electron chi connectivity index (χ0n) is 12.5. The molecule has 0 saturated heterocycles. The van der Waals surface area contributed by atoms with Crippen LogP contribution in [0.15, 0.2) is 4.90 Å². The molecule has 0 aliphatic carbocycles. The summed E-state index contributed by atoms with van der Waals surface area (Å²) in [6.45, 7) is 4.98. The summed E-state index contributed by atoms with van der Waals surface area (Å²) in [6, 6.07) is 0. The molecule has 0 radical (unpaired) electrons. The molecule has 0 fully saturated rings. The highest BCUT2D eigenvalue weighted by atomic mass is 32.2. The second-order valence-electron chi connectivity index (χ2n) is 5.00. The Balaban J connectivity index is 2.91. The topological polar surface area (TPSA) is 87.5 Å². The molecule has 0 aliphatic rings. The van der Waals surface area contributed by atoms with Gasteiger partial charge in [-0.3, -0.25) is 4.68 Å². The molecule has 0 spiro atoms. The lowest BCUT2D eigenvalue weighted by Crippen LogP contribution is -2.32. The van der Waals surface area contributed by atoms with Gasteiger partial charge in [0.1, 0.15) is 4.90 Å². The molecular weight excluding hydrogens is 280 g/mol. The lowest BCUT2D eigenvalue weighted by atomic mass is 10.4. The van der Waals surface area contributed by atoms with Crippen molar-refractivity contribution in [2.75, 3.05) is 33.8 Å². The van der Waals surface area contributed by atoms with Crippen molar-refractivity contribution in [1.82, 2.24) is 19.4 Å². The zero-order chi connectivity index (χ0) is 15.3. The first-order chi connectivity index (χ1) is 9.29. The largest absolute Gasteiger partial charge is 0.396 e. The van der Waals surface area contributed by atoms with E-state index in [1.807, 2.05) is 19.0 Å². The second-order valence-corrected chi connectivity index (χ2v) is 6.71. The van der Waals surface area contributed by atoms with Crippen LogP contribution in [0.25, 0.3) is 0 Å². The van der Waals surface area contributed by atoms with Gasteiger partial charge in [0.2, 0.25) is 10.0 Å². The van der Waals surface area contributed by atoms with Gasteiger partial charge in [-0.15, -0.1) is 0 Å². The highest BCUT2D eigenvalue weighted by molar-refractivity contribution is 7.89. The van der Waals surface area contributed by atoms with Crippen molar-refractivity contribution in [1.29, 1.82) is 0 Å². The SMILES string of the molecule is Cc1nn(CCCO)c(C)c1S(=O)(=O)NCCN(C)C. The monoisotopic (exact) mass is 304 g/mol. The van der Waals surface area contributed by atoms with Crippen molar-refractivity contribution in [3.8, 4) is 0 Å². The van der Waals surface area contributed by atoms with Crippen LogP contribution in [0.2, 0.25) is 0 Å². The van der Waals surface area contributed by atoms with Crippen molar-refractivity contribution >= 4 is 10.0 Å². The van der Waals surface area contributed by atoms with Gasteiger partial charge < -0.3 is 10.0 Å². The van der Waals surface area contributed by atoms with Gasteiger partial charge in [0.05, 0.1) is 11.4 Å². The summed E-state index contributed by atoms with van der Waals surface area (Å²) in [7, 11) is 0.229. The summed E-state index contributed by atoms with van der Waals surface area (Å²) in [5.74, 6) is 0. The number of aliphatic hydroxyl groups is 1. The molecule has 2 N–H and O–H groups in total. The number of nitrogens with one attached hydrogen (secondary N) is 1. The number of hydrogen-bond acceptors (Lipinski definition) is 5. The van der Waals surface area contributed by atoms with E-state index >= 15 is 0 Å². The van der Waals surface area contributed by atoms with E-state index in [9.17, 15) is 8.42 Å². The summed E-state index contributed by atoms with van der Waals surface area (Å²) < 4.78 is 28.8. The Morgan fingerprint density at radius 2 is 2.00 bits per heavy atom. The van der Waals surface area contributed by atoms with E-state index in [1.54, 1.807) is 18.5 Å². The Morgan fingerprint density at radius 3 is 2.55 bits per heavy atom. The van der Waals surface area contributed by atoms with E-state index < -0.39 is 10.0 Å². The van der Waals surface area contributed by atoms with E-state index in [1.165, 1.54) is 0 Å². The number of aliphatic hydroxyl groups excluding tert-OH is 1. The Kier molecular flexibility index (Phi) is 6.12. The molecule has 1 heterocycles. The average molecular weight is 304 g/mol. The first kappa shape index (κ1) is 17.1. The van der Waals surface area contributed by atoms with Crippen molar-refractivity contribution in [3.63, 3.8) is 0 Å². The van der Waals surface area contributed by atoms with Crippen LogP contribution in [0.1, 0.15) is 17.8 Å². The van der Waals surface area contributed by atoms with Gasteiger partial charge in [0.25, 0.3) is 0 Å². The van der Waals surface area contributed by atoms with Crippen LogP contribution in [0.3, 0.4) is 0 Å². The summed E-state index contributed by atoms with van der Waals surface area (Å²) in [6.07, 6.45) is 0.551. The molecule has 0 bridgehead atoms. The number of nitrogens with zero attached hydrogens (tertiary/aromatic N) is 3. The van der Waals surface area contributed by atoms with E-state index in [4.69, 9.17) is 5.11 Å². The van der Waals surface area contributed by atoms with Gasteiger partial charge in [-0.25, -0.2) is 13.1 Å². The zero-order valence-corrected chi connectivity index (χ0v) is 13.4. The van der Waals surface area contributed by atoms with Crippen molar-refractivity contribution < 1.29 is 13.5 Å². The molecule has 1 aromatic heterocycles. The third kappa shape index (κ3) is 4.27. The van der Waals surface area contributed by atoms with Crippen LogP contribution in [0.4, 0.5) is 0 Å². The summed E-state index contributed by atoms with van der Waals surface area (Å²) >= 11 is 0. The number of sulfonamides is 1. The molecular formula is C12H24N4O3S. The smallest absolute Gasteiger partial charge is 0.244 e. The highest BCUT2D eigenvalue weighted by Crippen LogP contribution is 2.19. The van der Waals surface area contributed by atoms with Crippen LogP contribution in [0.5, 0.6) is 0 Å². The van der Waals surface area contributed by atoms with Crippen molar-refractivity contribution in [2.24, 2.45) is 0 Å². The minimum Gasteiger partial charge on any atom is -0.396 e. The van der Waals surface area contributed by atoms with Crippen molar-refractivity contribution in [2.45, 2.75) is 31.7 Å². The third-order valence-electron chi connectivity index (χ3n) is 2.96. The Bertz CT molecular complexity index is 537. The maximum Gasteiger partial charge on any atom is 0.244 e. The molecule has 1 rings (SSSR count). The van der Waals surface area contributed by atoms with Crippen molar-refractivity contribution in [3.05, 3.63) is 11.4 Å². The number of hydrogen-bond donors (Lipinski definition) is 2.